The maximum atomic E-state index is 12.2. The molecule has 2 aromatic rings. The Hall–Kier alpha value is -2.00. The van der Waals surface area contributed by atoms with Gasteiger partial charge in [-0.1, -0.05) is 30.3 Å². The fraction of sp³-hybridized carbons (Fsp3) is 0.143. The summed E-state index contributed by atoms with van der Waals surface area (Å²) >= 11 is 0. The molecule has 0 saturated carbocycles. The molecule has 1 atom stereocenters. The normalized spacial score (nSPS) is 12.1. The summed E-state index contributed by atoms with van der Waals surface area (Å²) in [4.78, 5) is 16.1. The highest BCUT2D eigenvalue weighted by molar-refractivity contribution is 5.99. The highest BCUT2D eigenvalue weighted by Crippen LogP contribution is 2.21. The molecule has 0 aliphatic heterocycles. The molecule has 1 heterocycles. The van der Waals surface area contributed by atoms with Crippen LogP contribution in [0.15, 0.2) is 54.9 Å². The molecule has 0 fully saturated rings. The summed E-state index contributed by atoms with van der Waals surface area (Å²) in [6, 6.07) is 12.8. The topological polar surface area (TPSA) is 39.2 Å². The van der Waals surface area contributed by atoms with Crippen LogP contribution in [0.1, 0.15) is 22.0 Å². The van der Waals surface area contributed by atoms with Crippen molar-refractivity contribution in [3.8, 4) is 0 Å². The minimum atomic E-state index is -0.557. The lowest BCUT2D eigenvalue weighted by Gasteiger charge is -2.14. The Balaban J connectivity index is 2.29. The van der Waals surface area contributed by atoms with Gasteiger partial charge in [-0.2, -0.15) is 0 Å². The lowest BCUT2D eigenvalue weighted by Crippen LogP contribution is -2.14. The fourth-order valence-electron chi connectivity index (χ4n) is 1.69. The van der Waals surface area contributed by atoms with E-state index in [4.69, 9.17) is 4.74 Å². The van der Waals surface area contributed by atoms with Crippen LogP contribution in [0.4, 0.5) is 0 Å². The Morgan fingerprint density at radius 3 is 2.35 bits per heavy atom. The Bertz CT molecular complexity index is 482. The van der Waals surface area contributed by atoms with E-state index >= 15 is 0 Å². The number of hydrogen-bond donors (Lipinski definition) is 0. The van der Waals surface area contributed by atoms with Crippen molar-refractivity contribution in [1.29, 1.82) is 0 Å². The first kappa shape index (κ1) is 11.5. The van der Waals surface area contributed by atoms with E-state index in [2.05, 4.69) is 4.98 Å². The van der Waals surface area contributed by atoms with Crippen LogP contribution in [0.3, 0.4) is 0 Å². The van der Waals surface area contributed by atoms with Crippen molar-refractivity contribution in [2.45, 2.75) is 6.10 Å². The summed E-state index contributed by atoms with van der Waals surface area (Å²) in [6.45, 7) is 0. The van der Waals surface area contributed by atoms with E-state index in [9.17, 15) is 4.79 Å². The molecule has 86 valence electrons. The van der Waals surface area contributed by atoms with Gasteiger partial charge in [0.25, 0.3) is 0 Å². The molecule has 0 radical (unpaired) electrons. The first-order valence-electron chi connectivity index (χ1n) is 5.35. The van der Waals surface area contributed by atoms with Crippen LogP contribution in [-0.4, -0.2) is 17.9 Å². The van der Waals surface area contributed by atoms with Crippen LogP contribution in [0.2, 0.25) is 0 Å². The Kier molecular flexibility index (Phi) is 3.62. The SMILES string of the molecule is COC(C(=O)c1ccncc1)c1ccccc1. The fourth-order valence-corrected chi connectivity index (χ4v) is 1.69. The van der Waals surface area contributed by atoms with E-state index in [1.807, 2.05) is 30.3 Å². The van der Waals surface area contributed by atoms with Crippen molar-refractivity contribution >= 4 is 5.78 Å². The average molecular weight is 227 g/mol. The van der Waals surface area contributed by atoms with Crippen LogP contribution in [0.25, 0.3) is 0 Å². The second kappa shape index (κ2) is 5.37. The summed E-state index contributed by atoms with van der Waals surface area (Å²) in [6.07, 6.45) is 2.65. The largest absolute Gasteiger partial charge is 0.369 e. The number of hydrogen-bond acceptors (Lipinski definition) is 3. The molecule has 0 aliphatic rings. The maximum absolute atomic E-state index is 12.2. The van der Waals surface area contributed by atoms with Gasteiger partial charge >= 0.3 is 0 Å². The van der Waals surface area contributed by atoms with E-state index in [0.29, 0.717) is 5.56 Å². The smallest absolute Gasteiger partial charge is 0.196 e. The molecular weight excluding hydrogens is 214 g/mol. The van der Waals surface area contributed by atoms with Gasteiger partial charge in [0.1, 0.15) is 6.10 Å². The second-order valence-electron chi connectivity index (χ2n) is 3.63. The van der Waals surface area contributed by atoms with E-state index in [0.717, 1.165) is 5.56 Å². The first-order chi connectivity index (χ1) is 8.33. The molecular formula is C14H13NO2. The number of rotatable bonds is 4. The number of carbonyl (C=O) groups is 1. The minimum absolute atomic E-state index is 0.0545. The van der Waals surface area contributed by atoms with Crippen LogP contribution in [0.5, 0.6) is 0 Å². The molecule has 3 nitrogen and oxygen atoms in total. The third-order valence-corrected chi connectivity index (χ3v) is 2.54. The zero-order valence-electron chi connectivity index (χ0n) is 9.54. The summed E-state index contributed by atoms with van der Waals surface area (Å²) in [5, 5.41) is 0. The lowest BCUT2D eigenvalue weighted by atomic mass is 10.0. The van der Waals surface area contributed by atoms with Gasteiger partial charge in [-0.05, 0) is 17.7 Å². The van der Waals surface area contributed by atoms with E-state index in [1.54, 1.807) is 24.5 Å². The van der Waals surface area contributed by atoms with Crippen molar-refractivity contribution in [3.63, 3.8) is 0 Å². The number of pyridine rings is 1. The standard InChI is InChI=1S/C14H13NO2/c1-17-14(12-5-3-2-4-6-12)13(16)11-7-9-15-10-8-11/h2-10,14H,1H3. The van der Waals surface area contributed by atoms with Gasteiger partial charge in [-0.3, -0.25) is 9.78 Å². The molecule has 0 amide bonds. The number of carbonyl (C=O) groups excluding carboxylic acids is 1. The molecule has 0 N–H and O–H groups in total. The molecule has 1 unspecified atom stereocenters. The van der Waals surface area contributed by atoms with Gasteiger partial charge in [0.2, 0.25) is 0 Å². The molecule has 1 aromatic carbocycles. The second-order valence-corrected chi connectivity index (χ2v) is 3.63. The molecule has 0 aliphatic carbocycles. The molecule has 2 rings (SSSR count). The molecule has 1 aromatic heterocycles. The maximum Gasteiger partial charge on any atom is 0.196 e. The zero-order chi connectivity index (χ0) is 12.1. The Morgan fingerprint density at radius 1 is 1.12 bits per heavy atom. The first-order valence-corrected chi connectivity index (χ1v) is 5.35. The van der Waals surface area contributed by atoms with E-state index < -0.39 is 6.10 Å². The highest BCUT2D eigenvalue weighted by Gasteiger charge is 2.20. The van der Waals surface area contributed by atoms with E-state index in [-0.39, 0.29) is 5.78 Å². The van der Waals surface area contributed by atoms with Gasteiger partial charge in [-0.25, -0.2) is 0 Å². The monoisotopic (exact) mass is 227 g/mol. The number of benzene rings is 1. The van der Waals surface area contributed by atoms with Crippen molar-refractivity contribution in [1.82, 2.24) is 4.98 Å². The van der Waals surface area contributed by atoms with Crippen molar-refractivity contribution in [2.24, 2.45) is 0 Å². The average Bonchev–Trinajstić information content (AvgIpc) is 2.42. The van der Waals surface area contributed by atoms with Gasteiger partial charge < -0.3 is 4.74 Å². The van der Waals surface area contributed by atoms with Crippen molar-refractivity contribution in [3.05, 3.63) is 66.0 Å². The summed E-state index contributed by atoms with van der Waals surface area (Å²) in [7, 11) is 1.54. The van der Waals surface area contributed by atoms with Crippen molar-refractivity contribution < 1.29 is 9.53 Å². The predicted octanol–water partition coefficient (Wildman–Crippen LogP) is 2.65. The zero-order valence-corrected chi connectivity index (χ0v) is 9.54. The van der Waals surface area contributed by atoms with Gasteiger partial charge in [0.05, 0.1) is 0 Å². The molecule has 17 heavy (non-hydrogen) atoms. The Labute approximate surface area is 100 Å². The van der Waals surface area contributed by atoms with Crippen LogP contribution in [-0.2, 0) is 4.74 Å². The highest BCUT2D eigenvalue weighted by atomic mass is 16.5. The molecule has 0 bridgehead atoms. The number of Topliss-reactive ketones (excluding diaryl/α,β-unsaturated/α-hetero) is 1. The summed E-state index contributed by atoms with van der Waals surface area (Å²) in [5.41, 5.74) is 1.47. The number of nitrogens with zero attached hydrogens (tertiary/aromatic N) is 1. The minimum Gasteiger partial charge on any atom is -0.369 e. The lowest BCUT2D eigenvalue weighted by molar-refractivity contribution is 0.0604. The molecule has 0 spiro atoms. The van der Waals surface area contributed by atoms with Gasteiger partial charge in [-0.15, -0.1) is 0 Å². The third kappa shape index (κ3) is 2.57. The number of ether oxygens (including phenoxy) is 1. The van der Waals surface area contributed by atoms with Crippen molar-refractivity contribution in [2.75, 3.05) is 7.11 Å². The van der Waals surface area contributed by atoms with E-state index in [1.165, 1.54) is 7.11 Å². The van der Waals surface area contributed by atoms with Crippen LogP contribution in [0, 0.1) is 0 Å². The number of aromatic nitrogens is 1. The molecule has 0 saturated heterocycles. The van der Waals surface area contributed by atoms with Gasteiger partial charge in [0.15, 0.2) is 5.78 Å². The summed E-state index contributed by atoms with van der Waals surface area (Å²) in [5.74, 6) is -0.0545. The van der Waals surface area contributed by atoms with Crippen LogP contribution >= 0.6 is 0 Å². The van der Waals surface area contributed by atoms with Gasteiger partial charge in [0, 0.05) is 25.1 Å². The summed E-state index contributed by atoms with van der Waals surface area (Å²) < 4.78 is 5.28. The quantitative estimate of drug-likeness (QED) is 0.754. The molecule has 3 heteroatoms. The number of methoxy groups -OCH3 is 1. The number of ketones is 1. The predicted molar refractivity (Wildman–Crippen MR) is 64.8 cm³/mol. The Morgan fingerprint density at radius 2 is 1.76 bits per heavy atom. The van der Waals surface area contributed by atoms with Crippen LogP contribution < -0.4 is 0 Å². The third-order valence-electron chi connectivity index (χ3n) is 2.54.